The zero-order valence-electron chi connectivity index (χ0n) is 11.8. The number of hydrogen-bond acceptors (Lipinski definition) is 2. The molecule has 0 saturated heterocycles. The third kappa shape index (κ3) is 4.99. The Kier molecular flexibility index (Phi) is 6.72. The fourth-order valence-corrected chi connectivity index (χ4v) is 2.41. The molecule has 18 heavy (non-hydrogen) atoms. The molecule has 0 saturated carbocycles. The van der Waals surface area contributed by atoms with Crippen molar-refractivity contribution in [1.29, 1.82) is 0 Å². The van der Waals surface area contributed by atoms with Crippen molar-refractivity contribution < 1.29 is 4.74 Å². The number of aryl methyl sites for hydroxylation is 1. The number of ether oxygens (including phenoxy) is 1. The molecule has 0 unspecified atom stereocenters. The van der Waals surface area contributed by atoms with E-state index < -0.39 is 0 Å². The molecule has 0 radical (unpaired) electrons. The van der Waals surface area contributed by atoms with Crippen LogP contribution < -0.4 is 10.1 Å². The molecule has 0 spiro atoms. The predicted octanol–water partition coefficient (Wildman–Crippen LogP) is 4.29. The molecule has 2 nitrogen and oxygen atoms in total. The molecular weight excluding hydrogens is 290 g/mol. The molecule has 0 heterocycles. The highest BCUT2D eigenvalue weighted by atomic mass is 79.9. The largest absolute Gasteiger partial charge is 0.493 e. The van der Waals surface area contributed by atoms with Gasteiger partial charge in [0, 0.05) is 16.6 Å². The molecule has 1 N–H and O–H groups in total. The van der Waals surface area contributed by atoms with Gasteiger partial charge in [0.15, 0.2) is 0 Å². The summed E-state index contributed by atoms with van der Waals surface area (Å²) < 4.78 is 7.07. The Morgan fingerprint density at radius 1 is 1.33 bits per heavy atom. The molecule has 102 valence electrons. The first-order chi connectivity index (χ1) is 8.54. The summed E-state index contributed by atoms with van der Waals surface area (Å²) in [7, 11) is 0. The molecule has 0 aliphatic rings. The van der Waals surface area contributed by atoms with E-state index >= 15 is 0 Å². The van der Waals surface area contributed by atoms with Crippen molar-refractivity contribution >= 4 is 15.9 Å². The highest BCUT2D eigenvalue weighted by molar-refractivity contribution is 9.10. The molecule has 0 amide bonds. The summed E-state index contributed by atoms with van der Waals surface area (Å²) in [6, 6.07) is 4.25. The van der Waals surface area contributed by atoms with Crippen molar-refractivity contribution in [2.75, 3.05) is 13.2 Å². The topological polar surface area (TPSA) is 21.3 Å². The maximum absolute atomic E-state index is 5.95. The fourth-order valence-electron chi connectivity index (χ4n) is 1.79. The average molecular weight is 314 g/mol. The summed E-state index contributed by atoms with van der Waals surface area (Å²) in [5, 5.41) is 3.43. The van der Waals surface area contributed by atoms with E-state index in [-0.39, 0.29) is 0 Å². The highest BCUT2D eigenvalue weighted by Gasteiger charge is 2.09. The molecule has 0 bridgehead atoms. The minimum atomic E-state index is 0.546. The lowest BCUT2D eigenvalue weighted by Crippen LogP contribution is -2.16. The van der Waals surface area contributed by atoms with E-state index in [0.717, 1.165) is 36.3 Å². The lowest BCUT2D eigenvalue weighted by Gasteiger charge is -2.16. The lowest BCUT2D eigenvalue weighted by molar-refractivity contribution is 0.266. The van der Waals surface area contributed by atoms with Gasteiger partial charge in [0.1, 0.15) is 5.75 Å². The first kappa shape index (κ1) is 15.5. The quantitative estimate of drug-likeness (QED) is 0.758. The van der Waals surface area contributed by atoms with E-state index in [4.69, 9.17) is 4.74 Å². The van der Waals surface area contributed by atoms with Crippen molar-refractivity contribution in [3.63, 3.8) is 0 Å². The second-order valence-electron chi connectivity index (χ2n) is 5.09. The summed E-state index contributed by atoms with van der Waals surface area (Å²) in [6.07, 6.45) is 1.15. The molecule has 1 aromatic rings. The first-order valence-corrected chi connectivity index (χ1v) is 7.46. The molecule has 1 rings (SSSR count). The average Bonchev–Trinajstić information content (AvgIpc) is 2.27. The maximum Gasteiger partial charge on any atom is 0.126 e. The monoisotopic (exact) mass is 313 g/mol. The van der Waals surface area contributed by atoms with Gasteiger partial charge in [-0.05, 0) is 43.5 Å². The van der Waals surface area contributed by atoms with Gasteiger partial charge in [0.05, 0.1) is 6.61 Å². The molecule has 0 atom stereocenters. The van der Waals surface area contributed by atoms with Crippen LogP contribution in [-0.2, 0) is 6.54 Å². The van der Waals surface area contributed by atoms with Gasteiger partial charge in [-0.25, -0.2) is 0 Å². The lowest BCUT2D eigenvalue weighted by atomic mass is 10.1. The van der Waals surface area contributed by atoms with E-state index in [9.17, 15) is 0 Å². The number of rotatable bonds is 7. The van der Waals surface area contributed by atoms with Gasteiger partial charge < -0.3 is 10.1 Å². The molecule has 1 aromatic carbocycles. The summed E-state index contributed by atoms with van der Waals surface area (Å²) in [5.74, 6) is 1.58. The summed E-state index contributed by atoms with van der Waals surface area (Å²) in [5.41, 5.74) is 2.43. The van der Waals surface area contributed by atoms with Crippen molar-refractivity contribution in [3.8, 4) is 5.75 Å². The van der Waals surface area contributed by atoms with Gasteiger partial charge in [0.25, 0.3) is 0 Å². The van der Waals surface area contributed by atoms with E-state index in [1.54, 1.807) is 0 Å². The third-order valence-electron chi connectivity index (χ3n) is 2.62. The Morgan fingerprint density at radius 3 is 2.67 bits per heavy atom. The minimum Gasteiger partial charge on any atom is -0.493 e. The number of halogens is 1. The standard InChI is InChI=1S/C15H24BrNO/c1-5-6-17-9-13-8-14(16)7-12(4)15(13)18-10-11(2)3/h7-8,11,17H,5-6,9-10H2,1-4H3. The second kappa shape index (κ2) is 7.80. The van der Waals surface area contributed by atoms with Gasteiger partial charge >= 0.3 is 0 Å². The number of nitrogens with one attached hydrogen (secondary N) is 1. The molecule has 0 aliphatic carbocycles. The molecule has 0 aliphatic heterocycles. The van der Waals surface area contributed by atoms with E-state index in [1.807, 2.05) is 0 Å². The Labute approximate surface area is 119 Å². The van der Waals surface area contributed by atoms with Crippen molar-refractivity contribution in [1.82, 2.24) is 5.32 Å². The van der Waals surface area contributed by atoms with Crippen LogP contribution in [0.4, 0.5) is 0 Å². The first-order valence-electron chi connectivity index (χ1n) is 6.67. The van der Waals surface area contributed by atoms with Crippen LogP contribution in [0.2, 0.25) is 0 Å². The number of benzene rings is 1. The molecule has 0 aromatic heterocycles. The smallest absolute Gasteiger partial charge is 0.126 e. The SMILES string of the molecule is CCCNCc1cc(Br)cc(C)c1OCC(C)C. The van der Waals surface area contributed by atoms with Crippen molar-refractivity contribution in [3.05, 3.63) is 27.7 Å². The Hall–Kier alpha value is -0.540. The van der Waals surface area contributed by atoms with Crippen LogP contribution in [0.1, 0.15) is 38.3 Å². The Bertz CT molecular complexity index is 377. The van der Waals surface area contributed by atoms with Crippen LogP contribution in [0, 0.1) is 12.8 Å². The Balaban J connectivity index is 2.83. The van der Waals surface area contributed by atoms with Gasteiger partial charge in [-0.15, -0.1) is 0 Å². The van der Waals surface area contributed by atoms with Gasteiger partial charge in [-0.3, -0.25) is 0 Å². The third-order valence-corrected chi connectivity index (χ3v) is 3.08. The van der Waals surface area contributed by atoms with Crippen LogP contribution in [0.3, 0.4) is 0 Å². The zero-order valence-corrected chi connectivity index (χ0v) is 13.4. The normalized spacial score (nSPS) is 11.0. The van der Waals surface area contributed by atoms with Crippen LogP contribution in [0.25, 0.3) is 0 Å². The minimum absolute atomic E-state index is 0.546. The number of hydrogen-bond donors (Lipinski definition) is 1. The van der Waals surface area contributed by atoms with Crippen LogP contribution in [0.15, 0.2) is 16.6 Å². The zero-order chi connectivity index (χ0) is 13.5. The predicted molar refractivity (Wildman–Crippen MR) is 81.2 cm³/mol. The van der Waals surface area contributed by atoms with Gasteiger partial charge in [0.2, 0.25) is 0 Å². The summed E-state index contributed by atoms with van der Waals surface area (Å²) >= 11 is 3.55. The van der Waals surface area contributed by atoms with Crippen molar-refractivity contribution in [2.24, 2.45) is 5.92 Å². The van der Waals surface area contributed by atoms with Crippen LogP contribution >= 0.6 is 15.9 Å². The fraction of sp³-hybridized carbons (Fsp3) is 0.600. The van der Waals surface area contributed by atoms with Crippen molar-refractivity contribution in [2.45, 2.75) is 40.7 Å². The van der Waals surface area contributed by atoms with E-state index in [0.29, 0.717) is 5.92 Å². The van der Waals surface area contributed by atoms with Crippen LogP contribution in [0.5, 0.6) is 5.75 Å². The van der Waals surface area contributed by atoms with Gasteiger partial charge in [-0.2, -0.15) is 0 Å². The maximum atomic E-state index is 5.95. The van der Waals surface area contributed by atoms with E-state index in [2.05, 4.69) is 61.1 Å². The summed E-state index contributed by atoms with van der Waals surface area (Å²) in [6.45, 7) is 11.3. The molecular formula is C15H24BrNO. The van der Waals surface area contributed by atoms with Crippen LogP contribution in [-0.4, -0.2) is 13.2 Å². The molecule has 3 heteroatoms. The molecule has 0 fully saturated rings. The Morgan fingerprint density at radius 2 is 2.06 bits per heavy atom. The van der Waals surface area contributed by atoms with E-state index in [1.165, 1.54) is 11.1 Å². The summed E-state index contributed by atoms with van der Waals surface area (Å²) in [4.78, 5) is 0. The van der Waals surface area contributed by atoms with Gasteiger partial charge in [-0.1, -0.05) is 36.7 Å². The second-order valence-corrected chi connectivity index (χ2v) is 6.01. The highest BCUT2D eigenvalue weighted by Crippen LogP contribution is 2.28.